The molecule has 3 N–H and O–H groups in total. The zero-order valence-electron chi connectivity index (χ0n) is 9.39. The lowest BCUT2D eigenvalue weighted by atomic mass is 9.90. The van der Waals surface area contributed by atoms with E-state index in [9.17, 15) is 8.42 Å². The highest BCUT2D eigenvalue weighted by Crippen LogP contribution is 2.27. The molecule has 2 rings (SSSR count). The Morgan fingerprint density at radius 2 is 2.25 bits per heavy atom. The minimum atomic E-state index is -2.77. The molecule has 0 bridgehead atoms. The summed E-state index contributed by atoms with van der Waals surface area (Å²) in [5, 5.41) is 0. The summed E-state index contributed by atoms with van der Waals surface area (Å²) in [7, 11) is -2.77. The summed E-state index contributed by atoms with van der Waals surface area (Å²) in [6, 6.07) is 0.195. The van der Waals surface area contributed by atoms with Gasteiger partial charge in [0.25, 0.3) is 0 Å². The smallest absolute Gasteiger partial charge is 0.150 e. The highest BCUT2D eigenvalue weighted by atomic mass is 32.2. The average molecular weight is 248 g/mol. The summed E-state index contributed by atoms with van der Waals surface area (Å²) in [5.41, 5.74) is 2.82. The lowest BCUT2D eigenvalue weighted by Gasteiger charge is -2.23. The molecule has 2 fully saturated rings. The third kappa shape index (κ3) is 2.94. The summed E-state index contributed by atoms with van der Waals surface area (Å²) < 4.78 is 28.0. The molecule has 2 aliphatic rings. The highest BCUT2D eigenvalue weighted by molar-refractivity contribution is 7.91. The van der Waals surface area contributed by atoms with E-state index in [-0.39, 0.29) is 12.0 Å². The number of nitrogens with one attached hydrogen (secondary N) is 1. The lowest BCUT2D eigenvalue weighted by molar-refractivity contribution is 0.172. The first-order valence-electron chi connectivity index (χ1n) is 5.85. The minimum Gasteiger partial charge on any atom is -0.381 e. The van der Waals surface area contributed by atoms with Crippen molar-refractivity contribution in [1.82, 2.24) is 5.43 Å². The molecule has 2 saturated heterocycles. The van der Waals surface area contributed by atoms with Crippen LogP contribution in [0.5, 0.6) is 0 Å². The number of rotatable bonds is 4. The Hall–Kier alpha value is -0.170. The van der Waals surface area contributed by atoms with E-state index in [1.807, 2.05) is 0 Å². The molecule has 6 heteroatoms. The van der Waals surface area contributed by atoms with Crippen molar-refractivity contribution in [2.75, 3.05) is 24.7 Å². The van der Waals surface area contributed by atoms with Crippen molar-refractivity contribution < 1.29 is 13.2 Å². The summed E-state index contributed by atoms with van der Waals surface area (Å²) in [4.78, 5) is 0. The predicted octanol–water partition coefficient (Wildman–Crippen LogP) is -0.320. The fourth-order valence-corrected chi connectivity index (χ4v) is 4.56. The van der Waals surface area contributed by atoms with Gasteiger partial charge in [-0.2, -0.15) is 0 Å². The monoisotopic (exact) mass is 248 g/mol. The summed E-state index contributed by atoms with van der Waals surface area (Å²) in [5.74, 6) is 6.93. The summed E-state index contributed by atoms with van der Waals surface area (Å²) >= 11 is 0. The first-order valence-corrected chi connectivity index (χ1v) is 7.67. The van der Waals surface area contributed by atoms with Gasteiger partial charge in [-0.3, -0.25) is 11.3 Å². The Morgan fingerprint density at radius 1 is 1.44 bits per heavy atom. The standard InChI is InChI=1S/C10H20N2O3S/c11-12-10(9-1-3-15-6-9)5-8-2-4-16(13,14)7-8/h8-10,12H,1-7,11H2. The second-order valence-electron chi connectivity index (χ2n) is 4.90. The van der Waals surface area contributed by atoms with Crippen molar-refractivity contribution in [2.45, 2.75) is 25.3 Å². The molecule has 0 radical (unpaired) electrons. The third-order valence-corrected chi connectivity index (χ3v) is 5.50. The number of hydrazine groups is 1. The van der Waals surface area contributed by atoms with E-state index in [1.54, 1.807) is 0 Å². The van der Waals surface area contributed by atoms with Crippen molar-refractivity contribution in [3.8, 4) is 0 Å². The molecule has 94 valence electrons. The first-order chi connectivity index (χ1) is 7.61. The van der Waals surface area contributed by atoms with E-state index in [2.05, 4.69) is 5.43 Å². The molecule has 0 aliphatic carbocycles. The molecular formula is C10H20N2O3S. The van der Waals surface area contributed by atoms with E-state index in [4.69, 9.17) is 10.6 Å². The number of hydrogen-bond acceptors (Lipinski definition) is 5. The molecule has 16 heavy (non-hydrogen) atoms. The molecule has 2 aliphatic heterocycles. The van der Waals surface area contributed by atoms with Crippen LogP contribution in [0.2, 0.25) is 0 Å². The zero-order valence-corrected chi connectivity index (χ0v) is 10.2. The Balaban J connectivity index is 1.87. The minimum absolute atomic E-state index is 0.195. The maximum Gasteiger partial charge on any atom is 0.150 e. The van der Waals surface area contributed by atoms with Crippen LogP contribution in [-0.4, -0.2) is 39.2 Å². The average Bonchev–Trinajstić information content (AvgIpc) is 2.84. The van der Waals surface area contributed by atoms with E-state index in [0.717, 1.165) is 32.5 Å². The quantitative estimate of drug-likeness (QED) is 0.526. The van der Waals surface area contributed by atoms with Crippen LogP contribution in [0.3, 0.4) is 0 Å². The van der Waals surface area contributed by atoms with E-state index < -0.39 is 9.84 Å². The van der Waals surface area contributed by atoms with Crippen molar-refractivity contribution >= 4 is 9.84 Å². The fraction of sp³-hybridized carbons (Fsp3) is 1.00. The predicted molar refractivity (Wildman–Crippen MR) is 61.4 cm³/mol. The van der Waals surface area contributed by atoms with Gasteiger partial charge in [0.15, 0.2) is 9.84 Å². The maximum absolute atomic E-state index is 11.4. The fourth-order valence-electron chi connectivity index (χ4n) is 2.68. The Labute approximate surface area is 96.6 Å². The van der Waals surface area contributed by atoms with Crippen molar-refractivity contribution in [3.63, 3.8) is 0 Å². The van der Waals surface area contributed by atoms with Gasteiger partial charge in [-0.25, -0.2) is 8.42 Å². The van der Waals surface area contributed by atoms with Crippen molar-refractivity contribution in [3.05, 3.63) is 0 Å². The van der Waals surface area contributed by atoms with Crippen LogP contribution in [0, 0.1) is 11.8 Å². The van der Waals surface area contributed by atoms with Gasteiger partial charge >= 0.3 is 0 Å². The van der Waals surface area contributed by atoms with Crippen LogP contribution in [0.4, 0.5) is 0 Å². The lowest BCUT2D eigenvalue weighted by Crippen LogP contribution is -2.42. The van der Waals surface area contributed by atoms with Gasteiger partial charge in [-0.1, -0.05) is 0 Å². The Bertz CT molecular complexity index is 325. The van der Waals surface area contributed by atoms with Crippen molar-refractivity contribution in [1.29, 1.82) is 0 Å². The number of ether oxygens (including phenoxy) is 1. The third-order valence-electron chi connectivity index (χ3n) is 3.66. The second kappa shape index (κ2) is 5.00. The van der Waals surface area contributed by atoms with Gasteiger partial charge in [-0.05, 0) is 25.2 Å². The number of hydrogen-bond donors (Lipinski definition) is 2. The topological polar surface area (TPSA) is 81.4 Å². The van der Waals surface area contributed by atoms with Crippen LogP contribution in [-0.2, 0) is 14.6 Å². The van der Waals surface area contributed by atoms with Crippen LogP contribution >= 0.6 is 0 Å². The van der Waals surface area contributed by atoms with Gasteiger partial charge in [0.2, 0.25) is 0 Å². The van der Waals surface area contributed by atoms with Gasteiger partial charge in [0.05, 0.1) is 18.1 Å². The second-order valence-corrected chi connectivity index (χ2v) is 7.13. The Kier molecular flexibility index (Phi) is 3.84. The van der Waals surface area contributed by atoms with E-state index in [1.165, 1.54) is 0 Å². The molecular weight excluding hydrogens is 228 g/mol. The molecule has 0 spiro atoms. The largest absolute Gasteiger partial charge is 0.381 e. The molecule has 3 unspecified atom stereocenters. The normalized spacial score (nSPS) is 35.3. The van der Waals surface area contributed by atoms with Gasteiger partial charge in [0.1, 0.15) is 0 Å². The van der Waals surface area contributed by atoms with Gasteiger partial charge in [-0.15, -0.1) is 0 Å². The molecule has 0 aromatic carbocycles. The Morgan fingerprint density at radius 3 is 2.75 bits per heavy atom. The molecule has 0 aromatic heterocycles. The van der Waals surface area contributed by atoms with Crippen molar-refractivity contribution in [2.24, 2.45) is 17.7 Å². The molecule has 0 aromatic rings. The molecule has 5 nitrogen and oxygen atoms in total. The molecule has 2 heterocycles. The SMILES string of the molecule is NNC(CC1CCS(=O)(=O)C1)C1CCOC1. The summed E-state index contributed by atoms with van der Waals surface area (Å²) in [6.07, 6.45) is 2.66. The first kappa shape index (κ1) is 12.3. The number of nitrogens with two attached hydrogens (primary N) is 1. The van der Waals surface area contributed by atoms with Crippen LogP contribution in [0.1, 0.15) is 19.3 Å². The number of sulfone groups is 1. The van der Waals surface area contributed by atoms with Crippen LogP contribution in [0.15, 0.2) is 0 Å². The highest BCUT2D eigenvalue weighted by Gasteiger charge is 2.33. The zero-order chi connectivity index (χ0) is 11.6. The molecule has 0 saturated carbocycles. The molecule has 0 amide bonds. The van der Waals surface area contributed by atoms with Gasteiger partial charge in [0, 0.05) is 18.6 Å². The maximum atomic E-state index is 11.4. The van der Waals surface area contributed by atoms with E-state index >= 15 is 0 Å². The summed E-state index contributed by atoms with van der Waals surface area (Å²) in [6.45, 7) is 1.54. The van der Waals surface area contributed by atoms with Crippen LogP contribution in [0.25, 0.3) is 0 Å². The van der Waals surface area contributed by atoms with Gasteiger partial charge < -0.3 is 4.74 Å². The van der Waals surface area contributed by atoms with Crippen LogP contribution < -0.4 is 11.3 Å². The van der Waals surface area contributed by atoms with E-state index in [0.29, 0.717) is 17.4 Å². The molecule has 3 atom stereocenters.